The van der Waals surface area contributed by atoms with Gasteiger partial charge in [-0.2, -0.15) is 5.10 Å². The number of aryl methyl sites for hydroxylation is 1. The maximum atomic E-state index is 12.6. The van der Waals surface area contributed by atoms with Gasteiger partial charge in [-0.3, -0.25) is 4.79 Å². The summed E-state index contributed by atoms with van der Waals surface area (Å²) in [5.41, 5.74) is 2.81. The molecule has 2 aromatic heterocycles. The Bertz CT molecular complexity index is 969. The Morgan fingerprint density at radius 2 is 2.27 bits per heavy atom. The van der Waals surface area contributed by atoms with Crippen LogP contribution in [0.15, 0.2) is 36.7 Å². The fourth-order valence-electron chi connectivity index (χ4n) is 3.20. The fraction of sp³-hybridized carbons (Fsp3) is 0.316. The Balaban J connectivity index is 1.47. The molecule has 0 unspecified atom stereocenters. The number of carbonyl (C=O) groups excluding carboxylic acids is 1. The van der Waals surface area contributed by atoms with Gasteiger partial charge in [0.25, 0.3) is 5.91 Å². The molecular formula is C19H19ClN4O2. The highest BCUT2D eigenvalue weighted by Gasteiger charge is 2.22. The molecule has 3 heterocycles. The third kappa shape index (κ3) is 3.24. The zero-order valence-electron chi connectivity index (χ0n) is 14.4. The molecule has 1 aliphatic heterocycles. The Hall–Kier alpha value is -2.60. The van der Waals surface area contributed by atoms with Crippen molar-refractivity contribution in [2.75, 3.05) is 13.2 Å². The lowest BCUT2D eigenvalue weighted by Gasteiger charge is -2.14. The number of fused-ring (bicyclic) bond motifs is 2. The number of ether oxygens (including phenoxy) is 1. The number of aromatic nitrogens is 3. The van der Waals surface area contributed by atoms with E-state index in [0.717, 1.165) is 24.2 Å². The summed E-state index contributed by atoms with van der Waals surface area (Å²) in [4.78, 5) is 16.8. The highest BCUT2D eigenvalue weighted by Crippen LogP contribution is 2.26. The van der Waals surface area contributed by atoms with E-state index >= 15 is 0 Å². The number of rotatable bonds is 3. The Morgan fingerprint density at radius 3 is 3.15 bits per heavy atom. The van der Waals surface area contributed by atoms with Gasteiger partial charge in [-0.05, 0) is 42.9 Å². The minimum absolute atomic E-state index is 0.204. The van der Waals surface area contributed by atoms with E-state index in [0.29, 0.717) is 24.7 Å². The molecule has 26 heavy (non-hydrogen) atoms. The molecule has 134 valence electrons. The molecule has 0 saturated heterocycles. The molecule has 7 heteroatoms. The number of halogens is 1. The van der Waals surface area contributed by atoms with Crippen LogP contribution in [-0.2, 0) is 6.42 Å². The normalized spacial score (nSPS) is 16.6. The van der Waals surface area contributed by atoms with Gasteiger partial charge in [0.15, 0.2) is 11.3 Å². The van der Waals surface area contributed by atoms with Crippen LogP contribution in [0.3, 0.4) is 0 Å². The van der Waals surface area contributed by atoms with Gasteiger partial charge in [-0.1, -0.05) is 29.8 Å². The summed E-state index contributed by atoms with van der Waals surface area (Å²) in [7, 11) is 0. The Kier molecular flexibility index (Phi) is 4.51. The molecule has 0 bridgehead atoms. The molecule has 0 spiro atoms. The number of nitrogens with zero attached hydrogens (tertiary/aromatic N) is 3. The number of amides is 1. The summed E-state index contributed by atoms with van der Waals surface area (Å²) < 4.78 is 7.33. The second-order valence-electron chi connectivity index (χ2n) is 6.59. The molecule has 1 amide bonds. The smallest absolute Gasteiger partial charge is 0.273 e. The van der Waals surface area contributed by atoms with Crippen molar-refractivity contribution >= 4 is 23.2 Å². The molecule has 0 fully saturated rings. The van der Waals surface area contributed by atoms with Gasteiger partial charge in [0.1, 0.15) is 10.8 Å². The van der Waals surface area contributed by atoms with Gasteiger partial charge in [0.2, 0.25) is 0 Å². The third-order valence-corrected chi connectivity index (χ3v) is 4.92. The van der Waals surface area contributed by atoms with Crippen molar-refractivity contribution in [3.63, 3.8) is 0 Å². The maximum Gasteiger partial charge on any atom is 0.273 e. The maximum absolute atomic E-state index is 12.6. The summed E-state index contributed by atoms with van der Waals surface area (Å²) >= 11 is 6.29. The van der Waals surface area contributed by atoms with E-state index in [1.807, 2.05) is 25.1 Å². The highest BCUT2D eigenvalue weighted by atomic mass is 35.5. The molecular weight excluding hydrogens is 352 g/mol. The molecule has 1 N–H and O–H groups in total. The van der Waals surface area contributed by atoms with E-state index in [-0.39, 0.29) is 16.6 Å². The third-order valence-electron chi connectivity index (χ3n) is 4.58. The van der Waals surface area contributed by atoms with Crippen molar-refractivity contribution in [3.8, 4) is 5.75 Å². The van der Waals surface area contributed by atoms with Crippen molar-refractivity contribution in [2.45, 2.75) is 19.8 Å². The van der Waals surface area contributed by atoms with Gasteiger partial charge in [0, 0.05) is 18.9 Å². The van der Waals surface area contributed by atoms with Crippen LogP contribution in [0, 0.1) is 12.8 Å². The minimum atomic E-state index is -0.281. The van der Waals surface area contributed by atoms with Gasteiger partial charge in [0.05, 0.1) is 6.61 Å². The summed E-state index contributed by atoms with van der Waals surface area (Å²) in [6.07, 6.45) is 5.25. The van der Waals surface area contributed by atoms with E-state index in [1.165, 1.54) is 5.56 Å². The fourth-order valence-corrected chi connectivity index (χ4v) is 3.46. The van der Waals surface area contributed by atoms with Crippen molar-refractivity contribution in [3.05, 3.63) is 58.5 Å². The van der Waals surface area contributed by atoms with E-state index in [2.05, 4.69) is 21.5 Å². The number of carbonyl (C=O) groups is 1. The number of benzene rings is 1. The van der Waals surface area contributed by atoms with E-state index in [9.17, 15) is 4.79 Å². The topological polar surface area (TPSA) is 68.5 Å². The molecule has 6 nitrogen and oxygen atoms in total. The summed E-state index contributed by atoms with van der Waals surface area (Å²) in [6, 6.07) is 8.04. The van der Waals surface area contributed by atoms with Crippen LogP contribution >= 0.6 is 11.6 Å². The Labute approximate surface area is 156 Å². The predicted octanol–water partition coefficient (Wildman–Crippen LogP) is 3.06. The van der Waals surface area contributed by atoms with Gasteiger partial charge in [-0.15, -0.1) is 0 Å². The van der Waals surface area contributed by atoms with Crippen molar-refractivity contribution in [2.24, 2.45) is 5.92 Å². The average molecular weight is 371 g/mol. The van der Waals surface area contributed by atoms with Crippen LogP contribution in [0.1, 0.15) is 28.0 Å². The largest absolute Gasteiger partial charge is 0.493 e. The first kappa shape index (κ1) is 16.8. The molecule has 1 aromatic carbocycles. The standard InChI is InChI=1S/C19H19ClN4O2/c1-12-9-21-18-16(20)17(23-24(18)11-12)19(25)22-10-13-6-7-26-15-5-3-2-4-14(15)8-13/h2-5,9,11,13H,6-8,10H2,1H3,(H,22,25)/t13-/m0/s1. The highest BCUT2D eigenvalue weighted by molar-refractivity contribution is 6.36. The quantitative estimate of drug-likeness (QED) is 0.769. The Morgan fingerprint density at radius 1 is 1.42 bits per heavy atom. The molecule has 1 aliphatic rings. The van der Waals surface area contributed by atoms with Crippen LogP contribution < -0.4 is 10.1 Å². The van der Waals surface area contributed by atoms with Crippen LogP contribution in [-0.4, -0.2) is 33.7 Å². The van der Waals surface area contributed by atoms with Crippen LogP contribution in [0.2, 0.25) is 5.02 Å². The minimum Gasteiger partial charge on any atom is -0.493 e. The van der Waals surface area contributed by atoms with Crippen LogP contribution in [0.5, 0.6) is 5.75 Å². The van der Waals surface area contributed by atoms with Crippen molar-refractivity contribution < 1.29 is 9.53 Å². The summed E-state index contributed by atoms with van der Waals surface area (Å²) in [6.45, 7) is 3.11. The van der Waals surface area contributed by atoms with Gasteiger partial charge in [-0.25, -0.2) is 9.50 Å². The molecule has 0 radical (unpaired) electrons. The monoisotopic (exact) mass is 370 g/mol. The number of hydrogen-bond acceptors (Lipinski definition) is 4. The summed E-state index contributed by atoms with van der Waals surface area (Å²) in [5.74, 6) is 0.960. The van der Waals surface area contributed by atoms with Crippen molar-refractivity contribution in [1.29, 1.82) is 0 Å². The molecule has 1 atom stereocenters. The van der Waals surface area contributed by atoms with Crippen LogP contribution in [0.25, 0.3) is 5.65 Å². The zero-order valence-corrected chi connectivity index (χ0v) is 15.2. The molecule has 3 aromatic rings. The molecule has 0 aliphatic carbocycles. The number of para-hydroxylation sites is 1. The second-order valence-corrected chi connectivity index (χ2v) is 6.97. The lowest BCUT2D eigenvalue weighted by atomic mass is 9.97. The van der Waals surface area contributed by atoms with E-state index in [1.54, 1.807) is 16.9 Å². The van der Waals surface area contributed by atoms with Gasteiger partial charge < -0.3 is 10.1 Å². The predicted molar refractivity (Wildman–Crippen MR) is 98.8 cm³/mol. The van der Waals surface area contributed by atoms with E-state index < -0.39 is 0 Å². The first-order valence-corrected chi connectivity index (χ1v) is 8.99. The first-order chi connectivity index (χ1) is 12.6. The first-order valence-electron chi connectivity index (χ1n) is 8.61. The van der Waals surface area contributed by atoms with E-state index in [4.69, 9.17) is 16.3 Å². The molecule has 0 saturated carbocycles. The molecule has 4 rings (SSSR count). The van der Waals surface area contributed by atoms with Gasteiger partial charge >= 0.3 is 0 Å². The lowest BCUT2D eigenvalue weighted by Crippen LogP contribution is -2.31. The zero-order chi connectivity index (χ0) is 18.1. The average Bonchev–Trinajstić information content (AvgIpc) is 2.83. The lowest BCUT2D eigenvalue weighted by molar-refractivity contribution is 0.0940. The number of nitrogens with one attached hydrogen (secondary N) is 1. The van der Waals surface area contributed by atoms with Crippen LogP contribution in [0.4, 0.5) is 0 Å². The second kappa shape index (κ2) is 6.96. The van der Waals surface area contributed by atoms with Crippen molar-refractivity contribution in [1.82, 2.24) is 19.9 Å². The number of hydrogen-bond donors (Lipinski definition) is 1. The summed E-state index contributed by atoms with van der Waals surface area (Å²) in [5, 5.41) is 7.51. The SMILES string of the molecule is Cc1cnc2c(Cl)c(C(=O)NC[C@H]3CCOc4ccccc4C3)nn2c1.